The predicted octanol–water partition coefficient (Wildman–Crippen LogP) is 4.52. The van der Waals surface area contributed by atoms with Crippen molar-refractivity contribution < 1.29 is 14.3 Å². The molecule has 4 aromatic rings. The van der Waals surface area contributed by atoms with E-state index in [4.69, 9.17) is 16.3 Å². The van der Waals surface area contributed by atoms with Gasteiger partial charge in [0.25, 0.3) is 0 Å². The largest absolute Gasteiger partial charge is 0.376 e. The lowest BCUT2D eigenvalue weighted by molar-refractivity contribution is -0.142. The van der Waals surface area contributed by atoms with E-state index in [0.29, 0.717) is 23.7 Å². The van der Waals surface area contributed by atoms with Gasteiger partial charge in [0.2, 0.25) is 11.8 Å². The summed E-state index contributed by atoms with van der Waals surface area (Å²) >= 11 is 7.96. The molecular weight excluding hydrogens is 510 g/mol. The molecule has 1 aliphatic heterocycles. The fraction of sp³-hybridized carbons (Fsp3) is 0.333. The molecule has 2 atom stereocenters. The van der Waals surface area contributed by atoms with Crippen LogP contribution in [0.4, 0.5) is 0 Å². The molecule has 0 radical (unpaired) electrons. The number of hydrogen-bond donors (Lipinski definition) is 1. The number of rotatable bonds is 9. The number of benzene rings is 2. The molecule has 1 N–H and O–H groups in total. The van der Waals surface area contributed by atoms with Crippen LogP contribution in [0.5, 0.6) is 0 Å². The molecule has 0 unspecified atom stereocenters. The fourth-order valence-corrected chi connectivity index (χ4v) is 5.80. The van der Waals surface area contributed by atoms with Crippen molar-refractivity contribution in [2.45, 2.75) is 45.0 Å². The molecule has 3 heterocycles. The number of hydrogen-bond acceptors (Lipinski definition) is 6. The van der Waals surface area contributed by atoms with Crippen molar-refractivity contribution in [3.63, 3.8) is 0 Å². The van der Waals surface area contributed by atoms with E-state index < -0.39 is 6.04 Å². The molecule has 10 heteroatoms. The molecule has 0 aliphatic carbocycles. The van der Waals surface area contributed by atoms with Gasteiger partial charge in [-0.25, -0.2) is 4.68 Å². The monoisotopic (exact) mass is 537 g/mol. The smallest absolute Gasteiger partial charge is 0.248 e. The Bertz CT molecular complexity index is 1400. The van der Waals surface area contributed by atoms with Gasteiger partial charge in [0.05, 0.1) is 11.6 Å². The highest BCUT2D eigenvalue weighted by molar-refractivity contribution is 7.10. The van der Waals surface area contributed by atoms with E-state index in [-0.39, 0.29) is 31.0 Å². The van der Waals surface area contributed by atoms with Gasteiger partial charge in [-0.05, 0) is 60.5 Å². The number of aromatic nitrogens is 3. The van der Waals surface area contributed by atoms with Gasteiger partial charge in [0, 0.05) is 29.6 Å². The Morgan fingerprint density at radius 1 is 1.22 bits per heavy atom. The van der Waals surface area contributed by atoms with E-state index in [1.165, 1.54) is 11.3 Å². The first-order valence-corrected chi connectivity index (χ1v) is 13.5. The quantitative estimate of drug-likeness (QED) is 0.339. The van der Waals surface area contributed by atoms with Crippen molar-refractivity contribution in [2.24, 2.45) is 0 Å². The number of carbonyl (C=O) groups is 2. The van der Waals surface area contributed by atoms with Crippen LogP contribution in [-0.2, 0) is 27.4 Å². The molecular formula is C27H28ClN5O3S. The topological polar surface area (TPSA) is 89.4 Å². The lowest BCUT2D eigenvalue weighted by atomic mass is 10.1. The molecule has 2 amide bonds. The van der Waals surface area contributed by atoms with Crippen LogP contribution in [0, 0.1) is 6.92 Å². The summed E-state index contributed by atoms with van der Waals surface area (Å²) in [6.45, 7) is 3.17. The third-order valence-corrected chi connectivity index (χ3v) is 8.00. The summed E-state index contributed by atoms with van der Waals surface area (Å²) in [5.74, 6) is -0.509. The standard InChI is InChI=1S/C27H28ClN5O3S/c1-18-12-14-37-26(18)25(27(35)29-15-20-8-6-13-36-20)32(16-19-7-2-3-9-21(19)28)24(34)17-33-23-11-5-4-10-22(23)30-31-33/h2-5,7,9-12,14,20,25H,6,8,13,15-17H2,1H3,(H,29,35)/t20-,25-/m0/s1. The summed E-state index contributed by atoms with van der Waals surface area (Å²) in [7, 11) is 0. The molecule has 1 fully saturated rings. The maximum absolute atomic E-state index is 14.0. The van der Waals surface area contributed by atoms with E-state index in [2.05, 4.69) is 15.6 Å². The maximum Gasteiger partial charge on any atom is 0.248 e. The summed E-state index contributed by atoms with van der Waals surface area (Å²) in [5, 5.41) is 13.9. The number of amides is 2. The molecule has 37 heavy (non-hydrogen) atoms. The van der Waals surface area contributed by atoms with Crippen LogP contribution in [-0.4, -0.2) is 51.0 Å². The number of aryl methyl sites for hydroxylation is 1. The Balaban J connectivity index is 1.50. The Hall–Kier alpha value is -3.27. The third-order valence-electron chi connectivity index (χ3n) is 6.56. The summed E-state index contributed by atoms with van der Waals surface area (Å²) in [6, 6.07) is 16.0. The number of carbonyl (C=O) groups excluding carboxylic acids is 2. The highest BCUT2D eigenvalue weighted by atomic mass is 35.5. The van der Waals surface area contributed by atoms with E-state index in [1.54, 1.807) is 15.6 Å². The van der Waals surface area contributed by atoms with Crippen molar-refractivity contribution in [1.29, 1.82) is 0 Å². The summed E-state index contributed by atoms with van der Waals surface area (Å²) < 4.78 is 7.27. The van der Waals surface area contributed by atoms with Crippen molar-refractivity contribution >= 4 is 45.8 Å². The number of halogens is 1. The van der Waals surface area contributed by atoms with Crippen molar-refractivity contribution in [3.8, 4) is 0 Å². The van der Waals surface area contributed by atoms with Crippen LogP contribution in [0.15, 0.2) is 60.0 Å². The first-order chi connectivity index (χ1) is 18.0. The van der Waals surface area contributed by atoms with E-state index in [0.717, 1.165) is 34.4 Å². The molecule has 2 aromatic heterocycles. The van der Waals surface area contributed by atoms with E-state index >= 15 is 0 Å². The normalized spacial score (nSPS) is 16.1. The van der Waals surface area contributed by atoms with Crippen LogP contribution in [0.25, 0.3) is 11.0 Å². The van der Waals surface area contributed by atoms with Crippen LogP contribution in [0.1, 0.15) is 34.9 Å². The fourth-order valence-electron chi connectivity index (χ4n) is 4.57. The summed E-state index contributed by atoms with van der Waals surface area (Å²) in [5.41, 5.74) is 3.16. The Kier molecular flexibility index (Phi) is 7.83. The van der Waals surface area contributed by atoms with Crippen LogP contribution in [0.3, 0.4) is 0 Å². The molecule has 0 bridgehead atoms. The van der Waals surface area contributed by atoms with Gasteiger partial charge < -0.3 is 15.0 Å². The predicted molar refractivity (Wildman–Crippen MR) is 143 cm³/mol. The molecule has 1 aliphatic rings. The number of nitrogens with zero attached hydrogens (tertiary/aromatic N) is 4. The number of nitrogens with one attached hydrogen (secondary N) is 1. The highest BCUT2D eigenvalue weighted by Crippen LogP contribution is 2.32. The van der Waals surface area contributed by atoms with E-state index in [9.17, 15) is 9.59 Å². The van der Waals surface area contributed by atoms with Gasteiger partial charge in [-0.1, -0.05) is 47.1 Å². The van der Waals surface area contributed by atoms with E-state index in [1.807, 2.05) is 60.8 Å². The van der Waals surface area contributed by atoms with Gasteiger partial charge in [-0.2, -0.15) is 0 Å². The van der Waals surface area contributed by atoms with Gasteiger partial charge in [-0.3, -0.25) is 9.59 Å². The second-order valence-electron chi connectivity index (χ2n) is 9.10. The Morgan fingerprint density at radius 2 is 2.03 bits per heavy atom. The maximum atomic E-state index is 14.0. The lowest BCUT2D eigenvalue weighted by Crippen LogP contribution is -2.46. The summed E-state index contributed by atoms with van der Waals surface area (Å²) in [4.78, 5) is 30.2. The first-order valence-electron chi connectivity index (χ1n) is 12.3. The SMILES string of the molecule is Cc1ccsc1[C@@H](C(=O)NC[C@@H]1CCCO1)N(Cc1ccccc1Cl)C(=O)Cn1nnc2ccccc21. The van der Waals surface area contributed by atoms with Crippen molar-refractivity contribution in [1.82, 2.24) is 25.2 Å². The Labute approximate surface area is 224 Å². The zero-order valence-corrected chi connectivity index (χ0v) is 22.0. The van der Waals surface area contributed by atoms with Crippen LogP contribution < -0.4 is 5.32 Å². The van der Waals surface area contributed by atoms with Crippen LogP contribution >= 0.6 is 22.9 Å². The van der Waals surface area contributed by atoms with Crippen molar-refractivity contribution in [2.75, 3.05) is 13.2 Å². The van der Waals surface area contributed by atoms with Gasteiger partial charge in [0.1, 0.15) is 18.1 Å². The molecule has 192 valence electrons. The molecule has 2 aromatic carbocycles. The zero-order chi connectivity index (χ0) is 25.8. The molecule has 8 nitrogen and oxygen atoms in total. The first kappa shape index (κ1) is 25.4. The second kappa shape index (κ2) is 11.4. The lowest BCUT2D eigenvalue weighted by Gasteiger charge is -2.32. The number of ether oxygens (including phenoxy) is 1. The zero-order valence-electron chi connectivity index (χ0n) is 20.5. The number of thiophene rings is 1. The third kappa shape index (κ3) is 5.69. The second-order valence-corrected chi connectivity index (χ2v) is 10.5. The average Bonchev–Trinajstić information content (AvgIpc) is 3.66. The molecule has 1 saturated heterocycles. The average molecular weight is 538 g/mol. The minimum atomic E-state index is -0.833. The summed E-state index contributed by atoms with van der Waals surface area (Å²) in [6.07, 6.45) is 1.88. The molecule has 0 spiro atoms. The van der Waals surface area contributed by atoms with Crippen molar-refractivity contribution in [3.05, 3.63) is 81.0 Å². The highest BCUT2D eigenvalue weighted by Gasteiger charge is 2.34. The number of para-hydroxylation sites is 1. The van der Waals surface area contributed by atoms with Gasteiger partial charge >= 0.3 is 0 Å². The minimum absolute atomic E-state index is 0.0109. The minimum Gasteiger partial charge on any atom is -0.376 e. The van der Waals surface area contributed by atoms with Gasteiger partial charge in [0.15, 0.2) is 0 Å². The molecule has 5 rings (SSSR count). The van der Waals surface area contributed by atoms with Crippen LogP contribution in [0.2, 0.25) is 5.02 Å². The number of fused-ring (bicyclic) bond motifs is 1. The van der Waals surface area contributed by atoms with Gasteiger partial charge in [-0.15, -0.1) is 16.4 Å². The molecule has 0 saturated carbocycles. The Morgan fingerprint density at radius 3 is 2.78 bits per heavy atom.